The molecule has 2 nitrogen and oxygen atoms in total. The van der Waals surface area contributed by atoms with E-state index < -0.39 is 0 Å². The second-order valence-electron chi connectivity index (χ2n) is 4.16. The lowest BCUT2D eigenvalue weighted by Gasteiger charge is -2.15. The number of aliphatic imine (C=N–C) groups is 1. The summed E-state index contributed by atoms with van der Waals surface area (Å²) in [7, 11) is 4.02. The Morgan fingerprint density at radius 1 is 1.24 bits per heavy atom. The Morgan fingerprint density at radius 3 is 2.24 bits per heavy atom. The van der Waals surface area contributed by atoms with Gasteiger partial charge < -0.3 is 4.90 Å². The van der Waals surface area contributed by atoms with Crippen molar-refractivity contribution in [1.29, 1.82) is 0 Å². The summed E-state index contributed by atoms with van der Waals surface area (Å²) in [5.74, 6) is 0. The van der Waals surface area contributed by atoms with E-state index in [2.05, 4.69) is 36.2 Å². The lowest BCUT2D eigenvalue weighted by molar-refractivity contribution is 0.448. The van der Waals surface area contributed by atoms with Crippen LogP contribution in [0, 0.1) is 0 Å². The molecule has 0 saturated carbocycles. The first-order valence-electron chi connectivity index (χ1n) is 5.43. The molecular formula is C15H22N2. The maximum Gasteiger partial charge on any atom is 0.0343 e. The zero-order chi connectivity index (χ0) is 13.4. The second-order valence-corrected chi connectivity index (χ2v) is 4.16. The molecule has 0 aliphatic rings. The van der Waals surface area contributed by atoms with Crippen molar-refractivity contribution in [2.75, 3.05) is 20.6 Å². The molecular weight excluding hydrogens is 208 g/mol. The SMILES string of the molecule is C=C/C=C(/CN(C)C)C(=C)C(=C)C=NC(=C)C. The average molecular weight is 230 g/mol. The summed E-state index contributed by atoms with van der Waals surface area (Å²) in [5.41, 5.74) is 3.51. The van der Waals surface area contributed by atoms with E-state index in [1.807, 2.05) is 27.1 Å². The molecule has 92 valence electrons. The molecule has 0 aromatic carbocycles. The van der Waals surface area contributed by atoms with Gasteiger partial charge in [-0.1, -0.05) is 38.5 Å². The third-order valence-electron chi connectivity index (χ3n) is 2.02. The number of hydrogen-bond donors (Lipinski definition) is 0. The van der Waals surface area contributed by atoms with Crippen LogP contribution in [0.1, 0.15) is 6.92 Å². The van der Waals surface area contributed by atoms with Gasteiger partial charge in [-0.3, -0.25) is 4.99 Å². The Hall–Kier alpha value is -1.67. The van der Waals surface area contributed by atoms with Gasteiger partial charge in [0.05, 0.1) is 0 Å². The molecule has 0 aliphatic heterocycles. The number of nitrogens with zero attached hydrogens (tertiary/aromatic N) is 2. The minimum Gasteiger partial charge on any atom is -0.305 e. The Kier molecular flexibility index (Phi) is 6.83. The number of rotatable bonds is 7. The lowest BCUT2D eigenvalue weighted by Crippen LogP contribution is -2.16. The summed E-state index contributed by atoms with van der Waals surface area (Å²) < 4.78 is 0. The Labute approximate surface area is 105 Å². The minimum atomic E-state index is 0.751. The first-order valence-corrected chi connectivity index (χ1v) is 5.43. The fourth-order valence-electron chi connectivity index (χ4n) is 1.20. The van der Waals surface area contributed by atoms with Crippen molar-refractivity contribution >= 4 is 6.21 Å². The van der Waals surface area contributed by atoms with Gasteiger partial charge >= 0.3 is 0 Å². The van der Waals surface area contributed by atoms with Crippen molar-refractivity contribution < 1.29 is 0 Å². The van der Waals surface area contributed by atoms with E-state index >= 15 is 0 Å². The molecule has 0 saturated heterocycles. The molecule has 0 aromatic rings. The van der Waals surface area contributed by atoms with Crippen LogP contribution in [-0.2, 0) is 0 Å². The van der Waals surface area contributed by atoms with Gasteiger partial charge in [0.15, 0.2) is 0 Å². The van der Waals surface area contributed by atoms with Crippen molar-refractivity contribution in [3.8, 4) is 0 Å². The van der Waals surface area contributed by atoms with Crippen molar-refractivity contribution in [1.82, 2.24) is 4.90 Å². The molecule has 0 aromatic heterocycles. The molecule has 2 heteroatoms. The van der Waals surface area contributed by atoms with Gasteiger partial charge in [0, 0.05) is 18.5 Å². The highest BCUT2D eigenvalue weighted by molar-refractivity contribution is 5.86. The first kappa shape index (κ1) is 15.3. The van der Waals surface area contributed by atoms with Gasteiger partial charge in [-0.2, -0.15) is 0 Å². The van der Waals surface area contributed by atoms with E-state index in [9.17, 15) is 0 Å². The van der Waals surface area contributed by atoms with Crippen LogP contribution in [0.2, 0.25) is 0 Å². The van der Waals surface area contributed by atoms with Gasteiger partial charge in [0.25, 0.3) is 0 Å². The van der Waals surface area contributed by atoms with Gasteiger partial charge in [-0.25, -0.2) is 0 Å². The molecule has 0 amide bonds. The number of hydrogen-bond acceptors (Lipinski definition) is 2. The average Bonchev–Trinajstić information content (AvgIpc) is 2.23. The highest BCUT2D eigenvalue weighted by atomic mass is 15.0. The Morgan fingerprint density at radius 2 is 1.82 bits per heavy atom. The molecule has 0 atom stereocenters. The third-order valence-corrected chi connectivity index (χ3v) is 2.02. The zero-order valence-electron chi connectivity index (χ0n) is 11.2. The number of allylic oxidation sites excluding steroid dienone is 4. The van der Waals surface area contributed by atoms with Crippen LogP contribution in [0.15, 0.2) is 65.9 Å². The highest BCUT2D eigenvalue weighted by Gasteiger charge is 2.05. The summed E-state index contributed by atoms with van der Waals surface area (Å²) in [5, 5.41) is 0. The van der Waals surface area contributed by atoms with E-state index in [0.717, 1.165) is 29.0 Å². The van der Waals surface area contributed by atoms with Gasteiger partial charge in [0.1, 0.15) is 0 Å². The van der Waals surface area contributed by atoms with Crippen LogP contribution in [0.5, 0.6) is 0 Å². The molecule has 0 radical (unpaired) electrons. The normalized spacial score (nSPS) is 11.9. The van der Waals surface area contributed by atoms with Crippen molar-refractivity contribution in [3.63, 3.8) is 0 Å². The Bertz CT molecular complexity index is 382. The molecule has 17 heavy (non-hydrogen) atoms. The van der Waals surface area contributed by atoms with Crippen molar-refractivity contribution in [2.24, 2.45) is 4.99 Å². The summed E-state index contributed by atoms with van der Waals surface area (Å²) in [4.78, 5) is 6.19. The van der Waals surface area contributed by atoms with E-state index in [0.29, 0.717) is 0 Å². The predicted octanol–water partition coefficient (Wildman–Crippen LogP) is 3.38. The van der Waals surface area contributed by atoms with Crippen LogP contribution in [-0.4, -0.2) is 31.8 Å². The fraction of sp³-hybridized carbons (Fsp3) is 0.267. The van der Waals surface area contributed by atoms with Crippen LogP contribution >= 0.6 is 0 Å². The van der Waals surface area contributed by atoms with Crippen LogP contribution in [0.4, 0.5) is 0 Å². The van der Waals surface area contributed by atoms with Crippen molar-refractivity contribution in [2.45, 2.75) is 6.92 Å². The van der Waals surface area contributed by atoms with E-state index in [1.165, 1.54) is 0 Å². The molecule has 0 fully saturated rings. The van der Waals surface area contributed by atoms with E-state index in [1.54, 1.807) is 12.3 Å². The summed E-state index contributed by atoms with van der Waals surface area (Å²) in [6.45, 7) is 18.0. The molecule has 0 spiro atoms. The lowest BCUT2D eigenvalue weighted by atomic mass is 10.0. The maximum atomic E-state index is 4.12. The van der Waals surface area contributed by atoms with E-state index in [4.69, 9.17) is 0 Å². The van der Waals surface area contributed by atoms with Crippen LogP contribution < -0.4 is 0 Å². The van der Waals surface area contributed by atoms with Gasteiger partial charge in [-0.05, 0) is 37.7 Å². The largest absolute Gasteiger partial charge is 0.305 e. The summed E-state index contributed by atoms with van der Waals surface area (Å²) in [6.07, 6.45) is 5.40. The van der Waals surface area contributed by atoms with Crippen LogP contribution in [0.3, 0.4) is 0 Å². The smallest absolute Gasteiger partial charge is 0.0343 e. The molecule has 0 heterocycles. The molecule has 0 unspecified atom stereocenters. The van der Waals surface area contributed by atoms with E-state index in [-0.39, 0.29) is 0 Å². The van der Waals surface area contributed by atoms with Crippen LogP contribution in [0.25, 0.3) is 0 Å². The van der Waals surface area contributed by atoms with Gasteiger partial charge in [0.2, 0.25) is 0 Å². The minimum absolute atomic E-state index is 0.751. The molecule has 0 N–H and O–H groups in total. The monoisotopic (exact) mass is 230 g/mol. The third kappa shape index (κ3) is 6.48. The molecule has 0 bridgehead atoms. The topological polar surface area (TPSA) is 15.6 Å². The molecule has 0 aliphatic carbocycles. The first-order chi connectivity index (χ1) is 7.88. The van der Waals surface area contributed by atoms with Crippen molar-refractivity contribution in [3.05, 3.63) is 60.9 Å². The quantitative estimate of drug-likeness (QED) is 0.483. The highest BCUT2D eigenvalue weighted by Crippen LogP contribution is 2.16. The van der Waals surface area contributed by atoms with Gasteiger partial charge in [-0.15, -0.1) is 0 Å². The molecule has 0 rings (SSSR count). The predicted molar refractivity (Wildman–Crippen MR) is 78.4 cm³/mol. The second kappa shape index (κ2) is 7.58. The number of likely N-dealkylation sites (N-methyl/N-ethyl adjacent to an activating group) is 1. The summed E-state index contributed by atoms with van der Waals surface area (Å²) in [6, 6.07) is 0. The fourth-order valence-corrected chi connectivity index (χ4v) is 1.20. The summed E-state index contributed by atoms with van der Waals surface area (Å²) >= 11 is 0. The zero-order valence-corrected chi connectivity index (χ0v) is 11.2. The maximum absolute atomic E-state index is 4.12. The standard InChI is InChI=1S/C15H22N2/c1-8-9-15(11-17(6)7)14(5)13(4)10-16-12(2)3/h8-10H,1-2,4-5,11H2,3,6-7H3/b15-9-,16-10?. The Balaban J connectivity index is 4.85.